The fraction of sp³-hybridized carbons (Fsp3) is 0.464. The lowest BCUT2D eigenvalue weighted by Crippen LogP contribution is -2.46. The number of fused-ring (bicyclic) bond motifs is 2. The molecule has 8 heteroatoms. The molecule has 0 amide bonds. The topological polar surface area (TPSA) is 47.3 Å². The second-order valence-corrected chi connectivity index (χ2v) is 10.2. The highest BCUT2D eigenvalue weighted by Gasteiger charge is 2.44. The first-order chi connectivity index (χ1) is 17.5. The van der Waals surface area contributed by atoms with Gasteiger partial charge in [-0.1, -0.05) is 19.8 Å². The first-order valence-electron chi connectivity index (χ1n) is 13.0. The molecule has 0 radical (unpaired) electrons. The molecule has 2 fully saturated rings. The maximum atomic E-state index is 15.3. The van der Waals surface area contributed by atoms with Crippen LogP contribution in [0.15, 0.2) is 52.5 Å². The number of likely N-dealkylation sites (N-methyl/N-ethyl adjacent to an activating group) is 1. The van der Waals surface area contributed by atoms with Gasteiger partial charge in [-0.25, -0.2) is 13.8 Å². The molecule has 4 heterocycles. The number of hydrogen-bond acceptors (Lipinski definition) is 6. The average Bonchev–Trinajstić information content (AvgIpc) is 3.51. The van der Waals surface area contributed by atoms with Crippen molar-refractivity contribution < 1.29 is 8.78 Å². The van der Waals surface area contributed by atoms with Gasteiger partial charge in [0.05, 0.1) is 11.9 Å². The smallest absolute Gasteiger partial charge is 0.165 e. The van der Waals surface area contributed by atoms with Crippen LogP contribution in [0.4, 0.5) is 26.0 Å². The van der Waals surface area contributed by atoms with Crippen molar-refractivity contribution in [1.82, 2.24) is 9.88 Å². The third-order valence-corrected chi connectivity index (χ3v) is 8.37. The van der Waals surface area contributed by atoms with Gasteiger partial charge in [0.2, 0.25) is 0 Å². The molecular weight excluding hydrogens is 458 g/mol. The summed E-state index contributed by atoms with van der Waals surface area (Å²) in [7, 11) is 0. The van der Waals surface area contributed by atoms with E-state index in [1.807, 2.05) is 31.3 Å². The van der Waals surface area contributed by atoms with Crippen LogP contribution in [0, 0.1) is 5.82 Å². The molecule has 188 valence electrons. The quantitative estimate of drug-likeness (QED) is 0.579. The zero-order valence-corrected chi connectivity index (χ0v) is 21.0. The largest absolute Gasteiger partial charge is 0.368 e. The van der Waals surface area contributed by atoms with E-state index in [0.717, 1.165) is 75.4 Å². The van der Waals surface area contributed by atoms with Crippen LogP contribution >= 0.6 is 0 Å². The van der Waals surface area contributed by atoms with Crippen molar-refractivity contribution in [2.24, 2.45) is 9.98 Å². The van der Waals surface area contributed by atoms with Gasteiger partial charge in [-0.05, 0) is 56.1 Å². The minimum atomic E-state index is -0.488. The van der Waals surface area contributed by atoms with Gasteiger partial charge in [-0.15, -0.1) is 0 Å². The maximum Gasteiger partial charge on any atom is 0.165 e. The fourth-order valence-electron chi connectivity index (χ4n) is 6.18. The van der Waals surface area contributed by atoms with E-state index in [2.05, 4.69) is 31.7 Å². The summed E-state index contributed by atoms with van der Waals surface area (Å²) in [4.78, 5) is 20.1. The predicted molar refractivity (Wildman–Crippen MR) is 141 cm³/mol. The van der Waals surface area contributed by atoms with Gasteiger partial charge in [0.15, 0.2) is 5.83 Å². The highest BCUT2D eigenvalue weighted by Crippen LogP contribution is 2.51. The third-order valence-electron chi connectivity index (χ3n) is 8.37. The summed E-state index contributed by atoms with van der Waals surface area (Å²) in [6.45, 7) is 9.53. The lowest BCUT2D eigenvalue weighted by Gasteiger charge is -2.35. The highest BCUT2D eigenvalue weighted by molar-refractivity contribution is 6.13. The van der Waals surface area contributed by atoms with Crippen molar-refractivity contribution in [1.29, 1.82) is 0 Å². The zero-order chi connectivity index (χ0) is 24.9. The molecule has 0 atom stereocenters. The standard InChI is InChI=1S/C28H32F2N6/c1-3-34-10-12-35(13-11-34)21-6-7-25(31-16-21)36-17-24(30)26(32-18-36)20-14-22-27(23(29)15-20)33-19(2)28(22)8-4-5-9-28/h6-7,14-17H,3-5,8-13,18H2,1-2H3. The molecule has 6 nitrogen and oxygen atoms in total. The second kappa shape index (κ2) is 9.07. The van der Waals surface area contributed by atoms with Crippen molar-refractivity contribution in [2.45, 2.75) is 44.9 Å². The zero-order valence-electron chi connectivity index (χ0n) is 21.0. The lowest BCUT2D eigenvalue weighted by molar-refractivity contribution is 0.271. The number of anilines is 2. The van der Waals surface area contributed by atoms with E-state index in [1.165, 1.54) is 12.3 Å². The van der Waals surface area contributed by atoms with Crippen molar-refractivity contribution >= 4 is 28.6 Å². The van der Waals surface area contributed by atoms with Crippen LogP contribution < -0.4 is 9.80 Å². The summed E-state index contributed by atoms with van der Waals surface area (Å²) in [5, 5.41) is 0. The molecule has 1 saturated carbocycles. The molecule has 0 N–H and O–H groups in total. The molecule has 3 aliphatic heterocycles. The minimum Gasteiger partial charge on any atom is -0.368 e. The molecule has 0 unspecified atom stereocenters. The SMILES string of the molecule is CCN1CCN(c2ccc(N3C=C(F)C(c4cc(F)c5c(c4)C4(CCCC4)C(C)=N5)=NC3)nc2)CC1. The van der Waals surface area contributed by atoms with E-state index in [9.17, 15) is 0 Å². The Kier molecular flexibility index (Phi) is 5.86. The Morgan fingerprint density at radius 3 is 2.47 bits per heavy atom. The van der Waals surface area contributed by atoms with E-state index < -0.39 is 11.6 Å². The van der Waals surface area contributed by atoms with Crippen LogP contribution in [-0.4, -0.2) is 60.7 Å². The Morgan fingerprint density at radius 1 is 1.03 bits per heavy atom. The number of rotatable bonds is 4. The number of aromatic nitrogens is 1. The Morgan fingerprint density at radius 2 is 1.81 bits per heavy atom. The number of halogens is 2. The first-order valence-corrected chi connectivity index (χ1v) is 13.0. The highest BCUT2D eigenvalue weighted by atomic mass is 19.1. The Bertz CT molecular complexity index is 1250. The Balaban J connectivity index is 1.20. The molecule has 1 aromatic carbocycles. The maximum absolute atomic E-state index is 15.3. The van der Waals surface area contributed by atoms with Crippen LogP contribution in [0.2, 0.25) is 0 Å². The molecule has 1 aliphatic carbocycles. The lowest BCUT2D eigenvalue weighted by atomic mass is 9.76. The molecule has 6 rings (SSSR count). The van der Waals surface area contributed by atoms with Crippen molar-refractivity contribution in [2.75, 3.05) is 49.2 Å². The van der Waals surface area contributed by atoms with Gasteiger partial charge in [0, 0.05) is 49.1 Å². The number of hydrogen-bond donors (Lipinski definition) is 0. The number of piperazine rings is 1. The van der Waals surface area contributed by atoms with Gasteiger partial charge < -0.3 is 14.7 Å². The molecule has 2 aromatic rings. The number of pyridine rings is 1. The van der Waals surface area contributed by atoms with E-state index >= 15 is 8.78 Å². The molecule has 36 heavy (non-hydrogen) atoms. The van der Waals surface area contributed by atoms with Crippen LogP contribution in [0.5, 0.6) is 0 Å². The second-order valence-electron chi connectivity index (χ2n) is 10.2. The number of nitrogens with zero attached hydrogens (tertiary/aromatic N) is 6. The van der Waals surface area contributed by atoms with Crippen LogP contribution in [0.25, 0.3) is 0 Å². The predicted octanol–water partition coefficient (Wildman–Crippen LogP) is 5.36. The van der Waals surface area contributed by atoms with E-state index in [4.69, 9.17) is 0 Å². The van der Waals surface area contributed by atoms with Crippen molar-refractivity contribution in [3.8, 4) is 0 Å². The van der Waals surface area contributed by atoms with Crippen LogP contribution in [0.1, 0.15) is 50.7 Å². The van der Waals surface area contributed by atoms with Gasteiger partial charge >= 0.3 is 0 Å². The minimum absolute atomic E-state index is 0.191. The Labute approximate surface area is 211 Å². The number of aliphatic imine (C=N–C) groups is 2. The first kappa shape index (κ1) is 23.3. The van der Waals surface area contributed by atoms with Crippen LogP contribution in [0.3, 0.4) is 0 Å². The molecule has 0 bridgehead atoms. The summed E-state index contributed by atoms with van der Waals surface area (Å²) in [6, 6.07) is 7.23. The summed E-state index contributed by atoms with van der Waals surface area (Å²) in [5.41, 5.74) is 3.82. The monoisotopic (exact) mass is 490 g/mol. The van der Waals surface area contributed by atoms with Crippen molar-refractivity contribution in [3.05, 3.63) is 59.4 Å². The van der Waals surface area contributed by atoms with Crippen LogP contribution in [-0.2, 0) is 5.41 Å². The third kappa shape index (κ3) is 3.82. The van der Waals surface area contributed by atoms with E-state index in [-0.39, 0.29) is 17.8 Å². The van der Waals surface area contributed by atoms with Crippen molar-refractivity contribution in [3.63, 3.8) is 0 Å². The number of benzene rings is 1. The molecular formula is C28H32F2N6. The summed E-state index contributed by atoms with van der Waals surface area (Å²) < 4.78 is 30.4. The van der Waals surface area contributed by atoms with Gasteiger partial charge in [0.1, 0.15) is 29.7 Å². The normalized spacial score (nSPS) is 21.5. The average molecular weight is 491 g/mol. The summed E-state index contributed by atoms with van der Waals surface area (Å²) >= 11 is 0. The van der Waals surface area contributed by atoms with Gasteiger partial charge in [-0.2, -0.15) is 0 Å². The van der Waals surface area contributed by atoms with Gasteiger partial charge in [0.25, 0.3) is 0 Å². The fourth-order valence-corrected chi connectivity index (χ4v) is 6.18. The molecule has 1 saturated heterocycles. The molecule has 4 aliphatic rings. The molecule has 1 spiro atoms. The Hall–Kier alpha value is -3.13. The molecule has 1 aromatic heterocycles. The number of allylic oxidation sites excluding steroid dienone is 1. The van der Waals surface area contributed by atoms with E-state index in [1.54, 1.807) is 4.90 Å². The summed E-state index contributed by atoms with van der Waals surface area (Å²) in [5.74, 6) is -0.253. The van der Waals surface area contributed by atoms with E-state index in [0.29, 0.717) is 17.1 Å². The summed E-state index contributed by atoms with van der Waals surface area (Å²) in [6.07, 6.45) is 7.40. The van der Waals surface area contributed by atoms with Gasteiger partial charge in [-0.3, -0.25) is 9.98 Å².